The first kappa shape index (κ1) is 9.57. The molecule has 1 nitrogen and oxygen atoms in total. The van der Waals surface area contributed by atoms with Crippen molar-refractivity contribution in [1.82, 2.24) is 0 Å². The predicted molar refractivity (Wildman–Crippen MR) is 53.5 cm³/mol. The molecular formula is C9H7BrClN. The third kappa shape index (κ3) is 1.63. The fourth-order valence-electron chi connectivity index (χ4n) is 0.968. The Labute approximate surface area is 85.1 Å². The minimum absolute atomic E-state index is 0.539. The molecule has 0 spiro atoms. The largest absolute Gasteiger partial charge is 0.192 e. The summed E-state index contributed by atoms with van der Waals surface area (Å²) in [5.74, 6) is 0. The van der Waals surface area contributed by atoms with E-state index in [1.54, 1.807) is 6.07 Å². The highest BCUT2D eigenvalue weighted by Crippen LogP contribution is 2.25. The van der Waals surface area contributed by atoms with Crippen LogP contribution in [0.2, 0.25) is 5.02 Å². The molecule has 1 rings (SSSR count). The standard InChI is InChI=1S/C9H7BrClN/c1-6-2-3-7(5-12)9(11)8(6)4-10/h2-3H,4H2,1H3. The van der Waals surface area contributed by atoms with Gasteiger partial charge >= 0.3 is 0 Å². The fraction of sp³-hybridized carbons (Fsp3) is 0.222. The minimum atomic E-state index is 0.539. The van der Waals surface area contributed by atoms with Crippen LogP contribution >= 0.6 is 27.5 Å². The molecule has 0 aliphatic carbocycles. The van der Waals surface area contributed by atoms with Crippen molar-refractivity contribution in [2.24, 2.45) is 0 Å². The molecule has 0 aromatic heterocycles. The Morgan fingerprint density at radius 3 is 2.75 bits per heavy atom. The number of aryl methyl sites for hydroxylation is 1. The molecule has 62 valence electrons. The van der Waals surface area contributed by atoms with Crippen LogP contribution in [-0.4, -0.2) is 0 Å². The van der Waals surface area contributed by atoms with E-state index in [4.69, 9.17) is 16.9 Å². The molecule has 12 heavy (non-hydrogen) atoms. The first-order valence-corrected chi connectivity index (χ1v) is 4.94. The Morgan fingerprint density at radius 2 is 2.25 bits per heavy atom. The molecular weight excluding hydrogens is 237 g/mol. The van der Waals surface area contributed by atoms with Gasteiger partial charge in [0.1, 0.15) is 6.07 Å². The third-order valence-corrected chi connectivity index (χ3v) is 2.72. The Bertz CT molecular complexity index is 341. The van der Waals surface area contributed by atoms with Crippen LogP contribution < -0.4 is 0 Å². The van der Waals surface area contributed by atoms with Crippen LogP contribution in [0.15, 0.2) is 12.1 Å². The van der Waals surface area contributed by atoms with Crippen LogP contribution in [0.3, 0.4) is 0 Å². The molecule has 0 aliphatic heterocycles. The van der Waals surface area contributed by atoms with Gasteiger partial charge in [-0.15, -0.1) is 0 Å². The number of benzene rings is 1. The van der Waals surface area contributed by atoms with E-state index in [1.165, 1.54) is 0 Å². The molecule has 0 N–H and O–H groups in total. The summed E-state index contributed by atoms with van der Waals surface area (Å²) in [6.45, 7) is 1.98. The molecule has 0 heterocycles. The van der Waals surface area contributed by atoms with Gasteiger partial charge in [0.05, 0.1) is 10.6 Å². The van der Waals surface area contributed by atoms with Gasteiger partial charge in [-0.05, 0) is 24.1 Å². The highest BCUT2D eigenvalue weighted by atomic mass is 79.9. The lowest BCUT2D eigenvalue weighted by Gasteiger charge is -2.05. The fourth-order valence-corrected chi connectivity index (χ4v) is 2.17. The van der Waals surface area contributed by atoms with Crippen molar-refractivity contribution in [3.8, 4) is 6.07 Å². The molecule has 0 amide bonds. The van der Waals surface area contributed by atoms with Crippen molar-refractivity contribution in [1.29, 1.82) is 5.26 Å². The van der Waals surface area contributed by atoms with Gasteiger partial charge in [-0.2, -0.15) is 5.26 Å². The monoisotopic (exact) mass is 243 g/mol. The van der Waals surface area contributed by atoms with E-state index >= 15 is 0 Å². The second kappa shape index (κ2) is 3.93. The van der Waals surface area contributed by atoms with Gasteiger partial charge < -0.3 is 0 Å². The summed E-state index contributed by atoms with van der Waals surface area (Å²) in [6, 6.07) is 5.69. The van der Waals surface area contributed by atoms with Crippen LogP contribution in [0.5, 0.6) is 0 Å². The molecule has 0 aliphatic rings. The van der Waals surface area contributed by atoms with E-state index in [-0.39, 0.29) is 0 Å². The van der Waals surface area contributed by atoms with Crippen molar-refractivity contribution < 1.29 is 0 Å². The first-order valence-electron chi connectivity index (χ1n) is 3.44. The van der Waals surface area contributed by atoms with Gasteiger partial charge in [0, 0.05) is 5.33 Å². The Kier molecular flexibility index (Phi) is 3.13. The number of hydrogen-bond acceptors (Lipinski definition) is 1. The number of halogens is 2. The zero-order chi connectivity index (χ0) is 9.14. The summed E-state index contributed by atoms with van der Waals surface area (Å²) in [7, 11) is 0. The predicted octanol–water partition coefficient (Wildman–Crippen LogP) is 3.42. The van der Waals surface area contributed by atoms with Crippen molar-refractivity contribution in [3.05, 3.63) is 33.8 Å². The molecule has 3 heteroatoms. The summed E-state index contributed by atoms with van der Waals surface area (Å²) in [5, 5.41) is 9.93. The lowest BCUT2D eigenvalue weighted by molar-refractivity contribution is 1.30. The maximum atomic E-state index is 8.68. The van der Waals surface area contributed by atoms with Gasteiger partial charge in [0.25, 0.3) is 0 Å². The zero-order valence-corrected chi connectivity index (χ0v) is 8.91. The summed E-state index contributed by atoms with van der Waals surface area (Å²) in [4.78, 5) is 0. The van der Waals surface area contributed by atoms with Gasteiger partial charge in [-0.25, -0.2) is 0 Å². The van der Waals surface area contributed by atoms with Crippen molar-refractivity contribution in [2.75, 3.05) is 0 Å². The van der Waals surface area contributed by atoms with E-state index in [9.17, 15) is 0 Å². The van der Waals surface area contributed by atoms with Crippen LogP contribution in [0.4, 0.5) is 0 Å². The molecule has 1 aromatic carbocycles. The zero-order valence-electron chi connectivity index (χ0n) is 6.56. The van der Waals surface area contributed by atoms with Gasteiger partial charge in [0.15, 0.2) is 0 Å². The number of hydrogen-bond donors (Lipinski definition) is 0. The van der Waals surface area contributed by atoms with Crippen LogP contribution in [0.1, 0.15) is 16.7 Å². The Hall–Kier alpha value is -0.520. The maximum Gasteiger partial charge on any atom is 0.101 e. The molecule has 0 bridgehead atoms. The number of nitrogens with zero attached hydrogens (tertiary/aromatic N) is 1. The molecule has 0 atom stereocenters. The highest BCUT2D eigenvalue weighted by Gasteiger charge is 2.06. The van der Waals surface area contributed by atoms with Crippen molar-refractivity contribution in [2.45, 2.75) is 12.3 Å². The van der Waals surface area contributed by atoms with Gasteiger partial charge in [-0.1, -0.05) is 33.6 Å². The van der Waals surface area contributed by atoms with Gasteiger partial charge in [-0.3, -0.25) is 0 Å². The normalized spacial score (nSPS) is 9.50. The second-order valence-electron chi connectivity index (χ2n) is 2.47. The third-order valence-electron chi connectivity index (χ3n) is 1.73. The summed E-state index contributed by atoms with van der Waals surface area (Å²) in [5.41, 5.74) is 2.64. The van der Waals surface area contributed by atoms with E-state index in [1.807, 2.05) is 19.1 Å². The SMILES string of the molecule is Cc1ccc(C#N)c(Cl)c1CBr. The number of nitriles is 1. The number of rotatable bonds is 1. The molecule has 0 unspecified atom stereocenters. The first-order chi connectivity index (χ1) is 5.70. The number of alkyl halides is 1. The Balaban J connectivity index is 3.36. The molecule has 0 saturated carbocycles. The Morgan fingerprint density at radius 1 is 1.58 bits per heavy atom. The van der Waals surface area contributed by atoms with Crippen molar-refractivity contribution in [3.63, 3.8) is 0 Å². The van der Waals surface area contributed by atoms with Crippen LogP contribution in [0, 0.1) is 18.3 Å². The van der Waals surface area contributed by atoms with Crippen LogP contribution in [0.25, 0.3) is 0 Å². The van der Waals surface area contributed by atoms with Gasteiger partial charge in [0.2, 0.25) is 0 Å². The van der Waals surface area contributed by atoms with Crippen molar-refractivity contribution >= 4 is 27.5 Å². The second-order valence-corrected chi connectivity index (χ2v) is 3.41. The molecule has 0 fully saturated rings. The maximum absolute atomic E-state index is 8.68. The summed E-state index contributed by atoms with van der Waals surface area (Å²) < 4.78 is 0. The minimum Gasteiger partial charge on any atom is -0.192 e. The smallest absolute Gasteiger partial charge is 0.101 e. The lowest BCUT2D eigenvalue weighted by atomic mass is 10.1. The highest BCUT2D eigenvalue weighted by molar-refractivity contribution is 9.08. The van der Waals surface area contributed by atoms with E-state index in [0.29, 0.717) is 15.9 Å². The molecule has 0 radical (unpaired) electrons. The molecule has 0 saturated heterocycles. The summed E-state index contributed by atoms with van der Waals surface area (Å²) >= 11 is 9.29. The average Bonchev–Trinajstić information content (AvgIpc) is 2.06. The lowest BCUT2D eigenvalue weighted by Crippen LogP contribution is -1.89. The quantitative estimate of drug-likeness (QED) is 0.695. The average molecular weight is 245 g/mol. The molecule has 1 aromatic rings. The van der Waals surface area contributed by atoms with E-state index in [0.717, 1.165) is 11.1 Å². The summed E-state index contributed by atoms with van der Waals surface area (Å²) in [6.07, 6.45) is 0. The van der Waals surface area contributed by atoms with Crippen LogP contribution in [-0.2, 0) is 5.33 Å². The van der Waals surface area contributed by atoms with E-state index < -0.39 is 0 Å². The topological polar surface area (TPSA) is 23.8 Å². The van der Waals surface area contributed by atoms with E-state index in [2.05, 4.69) is 15.9 Å².